The van der Waals surface area contributed by atoms with Crippen molar-refractivity contribution in [3.63, 3.8) is 0 Å². The molecular weight excluding hydrogens is 336 g/mol. The van der Waals surface area contributed by atoms with Crippen molar-refractivity contribution in [2.24, 2.45) is 7.05 Å². The molecule has 1 fully saturated rings. The number of amides is 1. The van der Waals surface area contributed by atoms with Crippen LogP contribution in [0, 0.1) is 13.8 Å². The van der Waals surface area contributed by atoms with Crippen LogP contribution in [0.5, 0.6) is 0 Å². The molecule has 2 aromatic rings. The Morgan fingerprint density at radius 1 is 1.20 bits per heavy atom. The van der Waals surface area contributed by atoms with E-state index in [0.717, 1.165) is 48.3 Å². The van der Waals surface area contributed by atoms with E-state index < -0.39 is 0 Å². The van der Waals surface area contributed by atoms with E-state index in [9.17, 15) is 4.79 Å². The van der Waals surface area contributed by atoms with Crippen molar-refractivity contribution in [2.75, 3.05) is 24.2 Å². The number of nitrogens with one attached hydrogen (secondary N) is 1. The number of rotatable bonds is 4. The molecule has 134 valence electrons. The molecule has 1 saturated heterocycles. The van der Waals surface area contributed by atoms with E-state index >= 15 is 0 Å². The van der Waals surface area contributed by atoms with E-state index in [-0.39, 0.29) is 11.9 Å². The molecule has 25 heavy (non-hydrogen) atoms. The summed E-state index contributed by atoms with van der Waals surface area (Å²) in [5.74, 6) is 0.924. The molecule has 0 aliphatic carbocycles. The Bertz CT molecular complexity index is 766. The lowest BCUT2D eigenvalue weighted by atomic mass is 10.0. The number of carbonyl (C=O) groups is 1. The van der Waals surface area contributed by atoms with Crippen LogP contribution in [0.2, 0.25) is 0 Å². The van der Waals surface area contributed by atoms with Gasteiger partial charge in [0.1, 0.15) is 11.5 Å². The van der Waals surface area contributed by atoms with E-state index in [2.05, 4.69) is 25.3 Å². The summed E-state index contributed by atoms with van der Waals surface area (Å²) in [5.41, 5.74) is 2.44. The van der Waals surface area contributed by atoms with Crippen molar-refractivity contribution >= 4 is 23.5 Å². The Balaban J connectivity index is 1.59. The lowest BCUT2D eigenvalue weighted by molar-refractivity contribution is 0.0921. The summed E-state index contributed by atoms with van der Waals surface area (Å²) in [4.78, 5) is 23.7. The molecule has 0 bridgehead atoms. The zero-order valence-corrected chi connectivity index (χ0v) is 15.9. The van der Waals surface area contributed by atoms with Gasteiger partial charge in [0.25, 0.3) is 5.91 Å². The first-order valence-corrected chi connectivity index (χ1v) is 9.65. The molecule has 0 atom stereocenters. The SMILES string of the molecule is CSc1nc(C)cc(N2CCC(NC(=O)c3cc(C)nn3C)CC2)n1. The van der Waals surface area contributed by atoms with Crippen LogP contribution in [0.3, 0.4) is 0 Å². The van der Waals surface area contributed by atoms with Crippen LogP contribution >= 0.6 is 11.8 Å². The smallest absolute Gasteiger partial charge is 0.269 e. The molecule has 1 amide bonds. The highest BCUT2D eigenvalue weighted by Crippen LogP contribution is 2.21. The lowest BCUT2D eigenvalue weighted by Gasteiger charge is -2.33. The number of carbonyl (C=O) groups excluding carboxylic acids is 1. The lowest BCUT2D eigenvalue weighted by Crippen LogP contribution is -2.45. The second kappa shape index (κ2) is 7.43. The minimum Gasteiger partial charge on any atom is -0.356 e. The molecular formula is C17H24N6OS. The number of aryl methyl sites for hydroxylation is 3. The Morgan fingerprint density at radius 2 is 1.92 bits per heavy atom. The summed E-state index contributed by atoms with van der Waals surface area (Å²) in [6, 6.07) is 4.02. The van der Waals surface area contributed by atoms with Gasteiger partial charge in [0.15, 0.2) is 5.16 Å². The van der Waals surface area contributed by atoms with E-state index in [0.29, 0.717) is 5.69 Å². The van der Waals surface area contributed by atoms with Gasteiger partial charge in [0.2, 0.25) is 0 Å². The molecule has 7 nitrogen and oxygen atoms in total. The van der Waals surface area contributed by atoms with E-state index in [1.807, 2.05) is 32.2 Å². The molecule has 0 aromatic carbocycles. The predicted molar refractivity (Wildman–Crippen MR) is 99.2 cm³/mol. The normalized spacial score (nSPS) is 15.4. The summed E-state index contributed by atoms with van der Waals surface area (Å²) >= 11 is 1.56. The van der Waals surface area contributed by atoms with Crippen LogP contribution < -0.4 is 10.2 Å². The van der Waals surface area contributed by atoms with Gasteiger partial charge in [-0.3, -0.25) is 9.48 Å². The largest absolute Gasteiger partial charge is 0.356 e. The van der Waals surface area contributed by atoms with E-state index in [4.69, 9.17) is 0 Å². The number of piperidine rings is 1. The van der Waals surface area contributed by atoms with Crippen molar-refractivity contribution in [2.45, 2.75) is 37.9 Å². The van der Waals surface area contributed by atoms with Gasteiger partial charge < -0.3 is 10.2 Å². The summed E-state index contributed by atoms with van der Waals surface area (Å²) in [6.45, 7) is 5.63. The van der Waals surface area contributed by atoms with Gasteiger partial charge >= 0.3 is 0 Å². The first-order valence-electron chi connectivity index (χ1n) is 8.42. The zero-order chi connectivity index (χ0) is 18.0. The second-order valence-corrected chi connectivity index (χ2v) is 7.16. The zero-order valence-electron chi connectivity index (χ0n) is 15.1. The van der Waals surface area contributed by atoms with Gasteiger partial charge in [0.05, 0.1) is 5.69 Å². The van der Waals surface area contributed by atoms with Crippen molar-refractivity contribution < 1.29 is 4.79 Å². The van der Waals surface area contributed by atoms with Crippen LogP contribution in [-0.4, -0.2) is 51.0 Å². The topological polar surface area (TPSA) is 75.9 Å². The number of thioether (sulfide) groups is 1. The molecule has 1 aliphatic heterocycles. The molecule has 3 heterocycles. The molecule has 0 saturated carbocycles. The standard InChI is InChI=1S/C17H24N6OS/c1-11-10-15(20-17(18-11)25-4)23-7-5-13(6-8-23)19-16(24)14-9-12(2)21-22(14)3/h9-10,13H,5-8H2,1-4H3,(H,19,24). The highest BCUT2D eigenvalue weighted by atomic mass is 32.2. The average molecular weight is 360 g/mol. The van der Waals surface area contributed by atoms with Gasteiger partial charge in [-0.15, -0.1) is 0 Å². The highest BCUT2D eigenvalue weighted by molar-refractivity contribution is 7.98. The number of hydrogen-bond donors (Lipinski definition) is 1. The van der Waals surface area contributed by atoms with Gasteiger partial charge in [-0.05, 0) is 39.0 Å². The Morgan fingerprint density at radius 3 is 2.52 bits per heavy atom. The molecule has 1 N–H and O–H groups in total. The Kier molecular flexibility index (Phi) is 5.27. The van der Waals surface area contributed by atoms with Gasteiger partial charge in [-0.25, -0.2) is 9.97 Å². The second-order valence-electron chi connectivity index (χ2n) is 6.38. The first-order chi connectivity index (χ1) is 12.0. The fourth-order valence-corrected chi connectivity index (χ4v) is 3.53. The summed E-state index contributed by atoms with van der Waals surface area (Å²) in [7, 11) is 1.80. The number of hydrogen-bond acceptors (Lipinski definition) is 6. The van der Waals surface area contributed by atoms with Gasteiger partial charge in [-0.2, -0.15) is 5.10 Å². The maximum absolute atomic E-state index is 12.4. The van der Waals surface area contributed by atoms with Crippen LogP contribution in [0.15, 0.2) is 17.3 Å². The molecule has 0 radical (unpaired) electrons. The summed E-state index contributed by atoms with van der Waals surface area (Å²) in [5, 5.41) is 8.17. The highest BCUT2D eigenvalue weighted by Gasteiger charge is 2.23. The fraction of sp³-hybridized carbons (Fsp3) is 0.529. The monoisotopic (exact) mass is 360 g/mol. The average Bonchev–Trinajstić information content (AvgIpc) is 2.93. The number of aromatic nitrogens is 4. The predicted octanol–water partition coefficient (Wildman–Crippen LogP) is 1.95. The van der Waals surface area contributed by atoms with E-state index in [1.165, 1.54) is 0 Å². The molecule has 3 rings (SSSR count). The van der Waals surface area contributed by atoms with Gasteiger partial charge in [-0.1, -0.05) is 11.8 Å². The van der Waals surface area contributed by atoms with Crippen molar-refractivity contribution in [1.82, 2.24) is 25.1 Å². The molecule has 8 heteroatoms. The third kappa shape index (κ3) is 4.12. The molecule has 0 unspecified atom stereocenters. The third-order valence-corrected chi connectivity index (χ3v) is 4.94. The van der Waals surface area contributed by atoms with Crippen molar-refractivity contribution in [1.29, 1.82) is 0 Å². The first kappa shape index (κ1) is 17.7. The Labute approximate surface area is 152 Å². The van der Waals surface area contributed by atoms with Gasteiger partial charge in [0, 0.05) is 37.9 Å². The van der Waals surface area contributed by atoms with Crippen molar-refractivity contribution in [3.05, 3.63) is 29.2 Å². The van der Waals surface area contributed by atoms with Crippen LogP contribution in [-0.2, 0) is 7.05 Å². The van der Waals surface area contributed by atoms with Crippen LogP contribution in [0.4, 0.5) is 5.82 Å². The quantitative estimate of drug-likeness (QED) is 0.663. The Hall–Kier alpha value is -2.09. The number of nitrogens with zero attached hydrogens (tertiary/aromatic N) is 5. The minimum absolute atomic E-state index is 0.0518. The van der Waals surface area contributed by atoms with Crippen LogP contribution in [0.1, 0.15) is 34.7 Å². The molecule has 1 aliphatic rings. The maximum Gasteiger partial charge on any atom is 0.269 e. The van der Waals surface area contributed by atoms with E-state index in [1.54, 1.807) is 23.5 Å². The fourth-order valence-electron chi connectivity index (χ4n) is 3.11. The van der Waals surface area contributed by atoms with Crippen LogP contribution in [0.25, 0.3) is 0 Å². The van der Waals surface area contributed by atoms with Crippen molar-refractivity contribution in [3.8, 4) is 0 Å². The minimum atomic E-state index is -0.0518. The number of anilines is 1. The maximum atomic E-state index is 12.4. The summed E-state index contributed by atoms with van der Waals surface area (Å²) < 4.78 is 1.63. The summed E-state index contributed by atoms with van der Waals surface area (Å²) in [6.07, 6.45) is 3.79. The molecule has 2 aromatic heterocycles. The third-order valence-electron chi connectivity index (χ3n) is 4.39. The molecule has 0 spiro atoms.